The molecule has 0 atom stereocenters. The third-order valence-corrected chi connectivity index (χ3v) is 1.74. The SMILES string of the molecule is [B]c1c(N)c([B])c(N)c([B])c1N. The van der Waals surface area contributed by atoms with Gasteiger partial charge in [0, 0.05) is 17.1 Å². The second kappa shape index (κ2) is 2.70. The molecular formula is C6H6B3N3. The topological polar surface area (TPSA) is 78.1 Å². The number of benzene rings is 1. The molecule has 1 rings (SSSR count). The highest BCUT2D eigenvalue weighted by Crippen LogP contribution is 2.03. The molecule has 12 heavy (non-hydrogen) atoms. The van der Waals surface area contributed by atoms with E-state index in [0.717, 1.165) is 0 Å². The summed E-state index contributed by atoms with van der Waals surface area (Å²) in [7, 11) is 16.5. The summed E-state index contributed by atoms with van der Waals surface area (Å²) in [5.74, 6) is 0. The van der Waals surface area contributed by atoms with Crippen molar-refractivity contribution in [2.45, 2.75) is 0 Å². The van der Waals surface area contributed by atoms with Gasteiger partial charge in [-0.05, 0) is 0 Å². The van der Waals surface area contributed by atoms with E-state index in [1.54, 1.807) is 0 Å². The summed E-state index contributed by atoms with van der Waals surface area (Å²) in [6, 6.07) is 0. The van der Waals surface area contributed by atoms with Crippen LogP contribution in [-0.4, -0.2) is 23.5 Å². The molecule has 0 amide bonds. The van der Waals surface area contributed by atoms with Crippen LogP contribution < -0.4 is 33.6 Å². The Bertz CT molecular complexity index is 232. The van der Waals surface area contributed by atoms with Crippen molar-refractivity contribution < 1.29 is 0 Å². The van der Waals surface area contributed by atoms with Gasteiger partial charge in [-0.1, -0.05) is 16.4 Å². The molecular weight excluding hydrogens is 147 g/mol. The average Bonchev–Trinajstić information content (AvgIpc) is 2.08. The number of nitrogens with two attached hydrogens (primary N) is 3. The van der Waals surface area contributed by atoms with Crippen LogP contribution in [0.25, 0.3) is 0 Å². The molecule has 0 aliphatic rings. The molecule has 0 bridgehead atoms. The number of rotatable bonds is 0. The molecule has 0 aromatic heterocycles. The smallest absolute Gasteiger partial charge is 0.119 e. The van der Waals surface area contributed by atoms with Crippen LogP contribution in [0.3, 0.4) is 0 Å². The van der Waals surface area contributed by atoms with Crippen LogP contribution >= 0.6 is 0 Å². The van der Waals surface area contributed by atoms with E-state index in [2.05, 4.69) is 0 Å². The molecule has 0 aliphatic heterocycles. The fourth-order valence-electron chi connectivity index (χ4n) is 0.871. The number of anilines is 3. The van der Waals surface area contributed by atoms with Crippen molar-refractivity contribution in [3.05, 3.63) is 0 Å². The largest absolute Gasteiger partial charge is 0.400 e. The Morgan fingerprint density at radius 3 is 0.917 bits per heavy atom. The molecule has 1 aromatic rings. The average molecular weight is 153 g/mol. The highest BCUT2D eigenvalue weighted by atomic mass is 14.7. The first-order chi connectivity index (χ1) is 5.46. The monoisotopic (exact) mass is 153 g/mol. The number of nitrogen functional groups attached to an aromatic ring is 3. The molecule has 0 heterocycles. The maximum Gasteiger partial charge on any atom is 0.119 e. The Morgan fingerprint density at radius 1 is 0.583 bits per heavy atom. The summed E-state index contributed by atoms with van der Waals surface area (Å²) in [5.41, 5.74) is 17.5. The van der Waals surface area contributed by atoms with E-state index in [1.807, 2.05) is 0 Å². The molecule has 0 fully saturated rings. The Morgan fingerprint density at radius 2 is 0.750 bits per heavy atom. The predicted molar refractivity (Wildman–Crippen MR) is 55.8 cm³/mol. The van der Waals surface area contributed by atoms with Gasteiger partial charge in [-0.2, -0.15) is 0 Å². The second-order valence-corrected chi connectivity index (χ2v) is 2.48. The fraction of sp³-hybridized carbons (Fsp3) is 0. The highest BCUT2D eigenvalue weighted by molar-refractivity contribution is 6.54. The lowest BCUT2D eigenvalue weighted by Gasteiger charge is -2.15. The minimum absolute atomic E-state index is 0.180. The van der Waals surface area contributed by atoms with Crippen LogP contribution in [0, 0.1) is 0 Å². The molecule has 0 unspecified atom stereocenters. The predicted octanol–water partition coefficient (Wildman–Crippen LogP) is -3.19. The lowest BCUT2D eigenvalue weighted by Crippen LogP contribution is -2.35. The van der Waals surface area contributed by atoms with Crippen LogP contribution in [0.2, 0.25) is 0 Å². The summed E-state index contributed by atoms with van der Waals surface area (Å²) >= 11 is 0. The standard InChI is InChI=1S/C6H6B3N3/c7-1-4(10)2(8)6(12)3(9)5(1)11/h10-12H2. The summed E-state index contributed by atoms with van der Waals surface area (Å²) in [6.45, 7) is 0. The van der Waals surface area contributed by atoms with Gasteiger partial charge in [-0.3, -0.25) is 0 Å². The van der Waals surface area contributed by atoms with Gasteiger partial charge in [0.15, 0.2) is 0 Å². The van der Waals surface area contributed by atoms with E-state index in [-0.39, 0.29) is 33.5 Å². The van der Waals surface area contributed by atoms with Crippen molar-refractivity contribution in [1.29, 1.82) is 0 Å². The zero-order valence-corrected chi connectivity index (χ0v) is 6.46. The van der Waals surface area contributed by atoms with Crippen LogP contribution in [0.5, 0.6) is 0 Å². The summed E-state index contributed by atoms with van der Waals surface area (Å²) in [4.78, 5) is 0. The molecule has 0 spiro atoms. The fourth-order valence-corrected chi connectivity index (χ4v) is 0.871. The van der Waals surface area contributed by atoms with Gasteiger partial charge < -0.3 is 17.2 Å². The highest BCUT2D eigenvalue weighted by Gasteiger charge is 2.08. The number of hydrogen-bond acceptors (Lipinski definition) is 3. The zero-order chi connectivity index (χ0) is 9.46. The first-order valence-electron chi connectivity index (χ1n) is 3.23. The van der Waals surface area contributed by atoms with E-state index >= 15 is 0 Å². The summed E-state index contributed by atoms with van der Waals surface area (Å²) < 4.78 is 0. The molecule has 6 heteroatoms. The van der Waals surface area contributed by atoms with Crippen LogP contribution in [0.4, 0.5) is 17.1 Å². The normalized spacial score (nSPS) is 10.0. The van der Waals surface area contributed by atoms with Gasteiger partial charge in [-0.25, -0.2) is 0 Å². The van der Waals surface area contributed by atoms with Crippen molar-refractivity contribution in [3.8, 4) is 0 Å². The van der Waals surface area contributed by atoms with Gasteiger partial charge in [-0.15, -0.1) is 0 Å². The third kappa shape index (κ3) is 1.03. The van der Waals surface area contributed by atoms with Gasteiger partial charge in [0.05, 0.1) is 0 Å². The van der Waals surface area contributed by atoms with Crippen molar-refractivity contribution in [1.82, 2.24) is 0 Å². The Hall–Kier alpha value is -1.19. The Balaban J connectivity index is 3.60. The van der Waals surface area contributed by atoms with E-state index in [4.69, 9.17) is 40.7 Å². The van der Waals surface area contributed by atoms with Gasteiger partial charge in [0.2, 0.25) is 0 Å². The maximum absolute atomic E-state index is 5.49. The van der Waals surface area contributed by atoms with Gasteiger partial charge in [0.25, 0.3) is 0 Å². The zero-order valence-electron chi connectivity index (χ0n) is 6.46. The van der Waals surface area contributed by atoms with E-state index < -0.39 is 0 Å². The van der Waals surface area contributed by atoms with Crippen molar-refractivity contribution in [2.24, 2.45) is 0 Å². The Kier molecular flexibility index (Phi) is 2.00. The molecule has 1 aromatic carbocycles. The summed E-state index contributed by atoms with van der Waals surface area (Å²) in [6.07, 6.45) is 0. The molecule has 3 nitrogen and oxygen atoms in total. The van der Waals surface area contributed by atoms with E-state index in [9.17, 15) is 0 Å². The quantitative estimate of drug-likeness (QED) is 0.271. The summed E-state index contributed by atoms with van der Waals surface area (Å²) in [5, 5.41) is 0. The third-order valence-electron chi connectivity index (χ3n) is 1.74. The molecule has 6 N–H and O–H groups in total. The molecule has 0 aliphatic carbocycles. The minimum atomic E-state index is 0.180. The molecule has 0 saturated heterocycles. The van der Waals surface area contributed by atoms with E-state index in [0.29, 0.717) is 0 Å². The maximum atomic E-state index is 5.49. The molecule has 6 radical (unpaired) electrons. The van der Waals surface area contributed by atoms with Crippen LogP contribution in [0.15, 0.2) is 0 Å². The lowest BCUT2D eigenvalue weighted by molar-refractivity contribution is 1.78. The lowest BCUT2D eigenvalue weighted by atomic mass is 9.75. The second-order valence-electron chi connectivity index (χ2n) is 2.48. The van der Waals surface area contributed by atoms with Gasteiger partial charge >= 0.3 is 0 Å². The van der Waals surface area contributed by atoms with Crippen LogP contribution in [0.1, 0.15) is 0 Å². The van der Waals surface area contributed by atoms with Crippen molar-refractivity contribution in [2.75, 3.05) is 17.2 Å². The van der Waals surface area contributed by atoms with Crippen LogP contribution in [-0.2, 0) is 0 Å². The Labute approximate surface area is 74.9 Å². The van der Waals surface area contributed by atoms with Crippen molar-refractivity contribution in [3.63, 3.8) is 0 Å². The van der Waals surface area contributed by atoms with Crippen molar-refractivity contribution >= 4 is 57.0 Å². The molecule has 0 saturated carbocycles. The molecule has 54 valence electrons. The van der Waals surface area contributed by atoms with Gasteiger partial charge in [0.1, 0.15) is 23.5 Å². The first-order valence-corrected chi connectivity index (χ1v) is 3.23. The first kappa shape index (κ1) is 8.91. The number of hydrogen-bond donors (Lipinski definition) is 3. The minimum Gasteiger partial charge on any atom is -0.400 e. The van der Waals surface area contributed by atoms with E-state index in [1.165, 1.54) is 0 Å².